The van der Waals surface area contributed by atoms with Gasteiger partial charge in [-0.3, -0.25) is 4.79 Å². The monoisotopic (exact) mass is 337 g/mol. The molecule has 0 unspecified atom stereocenters. The van der Waals surface area contributed by atoms with E-state index >= 15 is 0 Å². The van der Waals surface area contributed by atoms with Crippen LogP contribution >= 0.6 is 11.6 Å². The fraction of sp³-hybridized carbons (Fsp3) is 0.0714. The van der Waals surface area contributed by atoms with E-state index in [1.165, 1.54) is 6.07 Å². The van der Waals surface area contributed by atoms with Gasteiger partial charge in [-0.05, 0) is 30.3 Å². The highest BCUT2D eigenvalue weighted by Gasteiger charge is 2.32. The minimum atomic E-state index is -3.74. The van der Waals surface area contributed by atoms with Crippen LogP contribution in [0, 0.1) is 0 Å². The molecule has 0 radical (unpaired) electrons. The topological polar surface area (TPSA) is 87.3 Å². The molecule has 0 aliphatic carbocycles. The van der Waals surface area contributed by atoms with Gasteiger partial charge in [0, 0.05) is 10.7 Å². The molecule has 2 aromatic rings. The van der Waals surface area contributed by atoms with Gasteiger partial charge in [0.25, 0.3) is 5.91 Å². The molecule has 22 heavy (non-hydrogen) atoms. The van der Waals surface area contributed by atoms with Crippen molar-refractivity contribution in [3.63, 3.8) is 0 Å². The van der Waals surface area contributed by atoms with Crippen molar-refractivity contribution < 1.29 is 13.2 Å². The summed E-state index contributed by atoms with van der Waals surface area (Å²) < 4.78 is 26.6. The number of hydrogen-bond acceptors (Lipinski definition) is 4. The number of carbonyl (C=O) groups is 1. The predicted molar refractivity (Wildman–Crippen MR) is 84.3 cm³/mol. The zero-order valence-corrected chi connectivity index (χ0v) is 12.8. The SMILES string of the molecule is O=C(Nc1cccc(Cl)c1)[C@@H]1Nc2ccccc2S(=O)(=O)N1. The van der Waals surface area contributed by atoms with Gasteiger partial charge in [-0.15, -0.1) is 0 Å². The van der Waals surface area contributed by atoms with Gasteiger partial charge < -0.3 is 10.6 Å². The lowest BCUT2D eigenvalue weighted by molar-refractivity contribution is -0.117. The standard InChI is InChI=1S/C14H12ClN3O3S/c15-9-4-3-5-10(8-9)16-14(19)13-17-11-6-1-2-7-12(11)22(20,21)18-13/h1-8,13,17-18H,(H,16,19)/t13-/m1/s1. The first-order valence-corrected chi connectivity index (χ1v) is 8.26. The van der Waals surface area contributed by atoms with E-state index < -0.39 is 22.1 Å². The number of fused-ring (bicyclic) bond motifs is 1. The summed E-state index contributed by atoms with van der Waals surface area (Å²) in [6.45, 7) is 0. The van der Waals surface area contributed by atoms with Crippen LogP contribution in [-0.2, 0) is 14.8 Å². The van der Waals surface area contributed by atoms with Crippen molar-refractivity contribution in [1.82, 2.24) is 4.72 Å². The van der Waals surface area contributed by atoms with Crippen molar-refractivity contribution in [3.8, 4) is 0 Å². The van der Waals surface area contributed by atoms with E-state index in [9.17, 15) is 13.2 Å². The van der Waals surface area contributed by atoms with Gasteiger partial charge in [-0.1, -0.05) is 29.8 Å². The van der Waals surface area contributed by atoms with E-state index in [1.807, 2.05) is 0 Å². The van der Waals surface area contributed by atoms with Crippen LogP contribution < -0.4 is 15.4 Å². The summed E-state index contributed by atoms with van der Waals surface area (Å²) in [6.07, 6.45) is -1.10. The van der Waals surface area contributed by atoms with Gasteiger partial charge in [0.05, 0.1) is 5.69 Å². The summed E-state index contributed by atoms with van der Waals surface area (Å²) in [6, 6.07) is 13.0. The summed E-state index contributed by atoms with van der Waals surface area (Å²) >= 11 is 5.85. The van der Waals surface area contributed by atoms with Crippen LogP contribution in [0.15, 0.2) is 53.4 Å². The highest BCUT2D eigenvalue weighted by molar-refractivity contribution is 7.89. The number of nitrogens with one attached hydrogen (secondary N) is 3. The van der Waals surface area contributed by atoms with E-state index in [4.69, 9.17) is 11.6 Å². The Kier molecular flexibility index (Phi) is 3.78. The van der Waals surface area contributed by atoms with Crippen LogP contribution in [0.1, 0.15) is 0 Å². The van der Waals surface area contributed by atoms with Crippen LogP contribution in [0.25, 0.3) is 0 Å². The second-order valence-electron chi connectivity index (χ2n) is 4.69. The first kappa shape index (κ1) is 14.8. The number of anilines is 2. The van der Waals surface area contributed by atoms with Crippen molar-refractivity contribution >= 4 is 38.9 Å². The molecule has 0 aromatic heterocycles. The Hall–Kier alpha value is -2.09. The molecule has 114 valence electrons. The Morgan fingerprint density at radius 1 is 1.14 bits per heavy atom. The van der Waals surface area contributed by atoms with Crippen molar-refractivity contribution in [3.05, 3.63) is 53.6 Å². The lowest BCUT2D eigenvalue weighted by Gasteiger charge is -2.27. The molecule has 0 fully saturated rings. The number of carbonyl (C=O) groups excluding carboxylic acids is 1. The molecule has 0 spiro atoms. The Balaban J connectivity index is 1.84. The van der Waals surface area contributed by atoms with E-state index in [1.54, 1.807) is 42.5 Å². The summed E-state index contributed by atoms with van der Waals surface area (Å²) in [5.74, 6) is -0.527. The Morgan fingerprint density at radius 3 is 2.68 bits per heavy atom. The number of halogens is 1. The Labute approximate surface area is 132 Å². The predicted octanol–water partition coefficient (Wildman–Crippen LogP) is 2.01. The molecule has 6 nitrogen and oxygen atoms in total. The first-order valence-electron chi connectivity index (χ1n) is 6.40. The summed E-state index contributed by atoms with van der Waals surface area (Å²) in [7, 11) is -3.74. The molecule has 3 N–H and O–H groups in total. The fourth-order valence-corrected chi connectivity index (χ4v) is 3.59. The number of para-hydroxylation sites is 1. The maximum Gasteiger partial charge on any atom is 0.262 e. The van der Waals surface area contributed by atoms with Crippen molar-refractivity contribution in [2.75, 3.05) is 10.6 Å². The lowest BCUT2D eigenvalue weighted by Crippen LogP contribution is -2.51. The number of hydrogen-bond donors (Lipinski definition) is 3. The quantitative estimate of drug-likeness (QED) is 0.782. The smallest absolute Gasteiger partial charge is 0.262 e. The van der Waals surface area contributed by atoms with E-state index in [2.05, 4.69) is 15.4 Å². The third kappa shape index (κ3) is 2.92. The van der Waals surface area contributed by atoms with Crippen LogP contribution in [-0.4, -0.2) is 20.5 Å². The zero-order chi connectivity index (χ0) is 15.7. The number of rotatable bonds is 2. The normalized spacial score (nSPS) is 18.9. The average Bonchev–Trinajstić information content (AvgIpc) is 2.46. The molecule has 1 aliphatic heterocycles. The van der Waals surface area contributed by atoms with Gasteiger partial charge in [0.15, 0.2) is 6.17 Å². The summed E-state index contributed by atoms with van der Waals surface area (Å²) in [5, 5.41) is 5.93. The molecule has 0 saturated carbocycles. The highest BCUT2D eigenvalue weighted by Crippen LogP contribution is 2.25. The van der Waals surface area contributed by atoms with Gasteiger partial charge in [0.2, 0.25) is 10.0 Å². The van der Waals surface area contributed by atoms with Crippen molar-refractivity contribution in [2.24, 2.45) is 0 Å². The van der Waals surface area contributed by atoms with Crippen LogP contribution in [0.2, 0.25) is 5.02 Å². The molecule has 2 aromatic carbocycles. The van der Waals surface area contributed by atoms with Crippen LogP contribution in [0.5, 0.6) is 0 Å². The molecule has 0 bridgehead atoms. The highest BCUT2D eigenvalue weighted by atomic mass is 35.5. The van der Waals surface area contributed by atoms with Crippen molar-refractivity contribution in [1.29, 1.82) is 0 Å². The molecular formula is C14H12ClN3O3S. The Morgan fingerprint density at radius 2 is 1.91 bits per heavy atom. The van der Waals surface area contributed by atoms with Gasteiger partial charge in [-0.2, -0.15) is 4.72 Å². The molecule has 8 heteroatoms. The molecule has 0 saturated heterocycles. The molecule has 1 heterocycles. The van der Waals surface area contributed by atoms with Crippen LogP contribution in [0.4, 0.5) is 11.4 Å². The molecule has 1 amide bonds. The molecule has 1 aliphatic rings. The van der Waals surface area contributed by atoms with Crippen LogP contribution in [0.3, 0.4) is 0 Å². The minimum Gasteiger partial charge on any atom is -0.360 e. The number of sulfonamides is 1. The van der Waals surface area contributed by atoms with E-state index in [-0.39, 0.29) is 4.90 Å². The minimum absolute atomic E-state index is 0.113. The third-order valence-corrected chi connectivity index (χ3v) is 4.82. The Bertz CT molecular complexity index is 839. The molecule has 1 atom stereocenters. The van der Waals surface area contributed by atoms with E-state index in [0.29, 0.717) is 16.4 Å². The maximum absolute atomic E-state index is 12.2. The van der Waals surface area contributed by atoms with Crippen molar-refractivity contribution in [2.45, 2.75) is 11.1 Å². The largest absolute Gasteiger partial charge is 0.360 e. The van der Waals surface area contributed by atoms with E-state index in [0.717, 1.165) is 0 Å². The maximum atomic E-state index is 12.2. The summed E-state index contributed by atoms with van der Waals surface area (Å²) in [4.78, 5) is 12.3. The van der Waals surface area contributed by atoms with Gasteiger partial charge in [0.1, 0.15) is 4.90 Å². The van der Waals surface area contributed by atoms with Gasteiger partial charge >= 0.3 is 0 Å². The third-order valence-electron chi connectivity index (χ3n) is 3.10. The average molecular weight is 338 g/mol. The molecule has 3 rings (SSSR count). The number of amides is 1. The second kappa shape index (κ2) is 5.60. The van der Waals surface area contributed by atoms with Gasteiger partial charge in [-0.25, -0.2) is 8.42 Å². The lowest BCUT2D eigenvalue weighted by atomic mass is 10.3. The second-order valence-corrected chi connectivity index (χ2v) is 6.81. The summed E-state index contributed by atoms with van der Waals surface area (Å²) in [5.41, 5.74) is 0.866. The number of benzene rings is 2. The fourth-order valence-electron chi connectivity index (χ4n) is 2.12. The zero-order valence-electron chi connectivity index (χ0n) is 11.2. The first-order chi connectivity index (χ1) is 10.5. The molecular weight excluding hydrogens is 326 g/mol.